The van der Waals surface area contributed by atoms with Crippen molar-refractivity contribution in [3.63, 3.8) is 0 Å². The Kier molecular flexibility index (Phi) is 3.44. The molecule has 2 rings (SSSR count). The van der Waals surface area contributed by atoms with Gasteiger partial charge in [0.15, 0.2) is 0 Å². The lowest BCUT2D eigenvalue weighted by molar-refractivity contribution is -0.0460. The van der Waals surface area contributed by atoms with Gasteiger partial charge in [-0.1, -0.05) is 0 Å². The highest BCUT2D eigenvalue weighted by Gasteiger charge is 2.37. The van der Waals surface area contributed by atoms with Crippen LogP contribution in [0.4, 0.5) is 0 Å². The lowest BCUT2D eigenvalue weighted by atomic mass is 10.0. The average Bonchev–Trinajstić information content (AvgIpc) is 2.96. The van der Waals surface area contributed by atoms with Crippen molar-refractivity contribution >= 4 is 11.3 Å². The highest BCUT2D eigenvalue weighted by Crippen LogP contribution is 2.40. The minimum atomic E-state index is -0.442. The highest BCUT2D eigenvalue weighted by atomic mass is 32.1. The van der Waals surface area contributed by atoms with E-state index in [1.165, 1.54) is 17.7 Å². The third kappa shape index (κ3) is 2.60. The fourth-order valence-electron chi connectivity index (χ4n) is 1.91. The van der Waals surface area contributed by atoms with Crippen molar-refractivity contribution in [2.45, 2.75) is 38.9 Å². The zero-order valence-corrected chi connectivity index (χ0v) is 10.1. The maximum atomic E-state index is 10.2. The molecule has 84 valence electrons. The van der Waals surface area contributed by atoms with Crippen LogP contribution in [-0.4, -0.2) is 17.8 Å². The summed E-state index contributed by atoms with van der Waals surface area (Å²) in [6.07, 6.45) is 1.96. The van der Waals surface area contributed by atoms with Crippen molar-refractivity contribution in [1.82, 2.24) is 0 Å². The lowest BCUT2D eigenvalue weighted by Gasteiger charge is -2.21. The number of rotatable bonds is 5. The highest BCUT2D eigenvalue weighted by molar-refractivity contribution is 7.10. The molecule has 0 radical (unpaired) electrons. The molecule has 2 atom stereocenters. The quantitative estimate of drug-likeness (QED) is 0.836. The molecule has 1 aromatic heterocycles. The summed E-state index contributed by atoms with van der Waals surface area (Å²) in [6.45, 7) is 4.73. The summed E-state index contributed by atoms with van der Waals surface area (Å²) in [5, 5.41) is 12.3. The first-order valence-electron chi connectivity index (χ1n) is 5.57. The van der Waals surface area contributed by atoms with E-state index in [2.05, 4.69) is 13.0 Å². The van der Waals surface area contributed by atoms with E-state index in [-0.39, 0.29) is 6.10 Å². The van der Waals surface area contributed by atoms with Crippen molar-refractivity contribution in [3.05, 3.63) is 21.9 Å². The number of hydrogen-bond donors (Lipinski definition) is 1. The van der Waals surface area contributed by atoms with Gasteiger partial charge in [0, 0.05) is 11.5 Å². The summed E-state index contributed by atoms with van der Waals surface area (Å²) in [5.41, 5.74) is 1.02. The molecule has 3 heteroatoms. The van der Waals surface area contributed by atoms with Gasteiger partial charge in [0.05, 0.1) is 6.10 Å². The third-order valence-corrected chi connectivity index (χ3v) is 3.73. The van der Waals surface area contributed by atoms with Gasteiger partial charge in [-0.25, -0.2) is 0 Å². The zero-order chi connectivity index (χ0) is 10.8. The first-order valence-corrected chi connectivity index (χ1v) is 6.45. The Bertz CT molecular complexity index is 317. The molecule has 1 aliphatic carbocycles. The molecule has 1 aliphatic rings. The predicted octanol–water partition coefficient (Wildman–Crippen LogP) is 2.91. The number of aliphatic hydroxyl groups excluding tert-OH is 1. The molecule has 0 saturated heterocycles. The van der Waals surface area contributed by atoms with E-state index in [1.807, 2.05) is 12.3 Å². The van der Waals surface area contributed by atoms with E-state index < -0.39 is 6.10 Å². The normalized spacial score (nSPS) is 20.2. The smallest absolute Gasteiger partial charge is 0.106 e. The van der Waals surface area contributed by atoms with Crippen molar-refractivity contribution in [3.8, 4) is 0 Å². The largest absolute Gasteiger partial charge is 0.386 e. The summed E-state index contributed by atoms with van der Waals surface area (Å²) in [6, 6.07) is 2.06. The summed E-state index contributed by atoms with van der Waals surface area (Å²) < 4.78 is 5.65. The van der Waals surface area contributed by atoms with Crippen LogP contribution in [0.5, 0.6) is 0 Å². The number of ether oxygens (including phenoxy) is 1. The second-order valence-corrected chi connectivity index (χ2v) is 5.31. The molecule has 1 heterocycles. The maximum Gasteiger partial charge on any atom is 0.106 e. The Hall–Kier alpha value is -0.380. The first kappa shape index (κ1) is 11.1. The fourth-order valence-corrected chi connectivity index (χ4v) is 2.64. The van der Waals surface area contributed by atoms with E-state index in [0.717, 1.165) is 5.56 Å². The minimum Gasteiger partial charge on any atom is -0.386 e. The molecule has 2 nitrogen and oxygen atoms in total. The van der Waals surface area contributed by atoms with E-state index in [9.17, 15) is 5.11 Å². The van der Waals surface area contributed by atoms with Gasteiger partial charge in [0.25, 0.3) is 0 Å². The van der Waals surface area contributed by atoms with Crippen LogP contribution in [0.3, 0.4) is 0 Å². The number of aliphatic hydroxyl groups is 1. The molecule has 1 N–H and O–H groups in total. The van der Waals surface area contributed by atoms with E-state index in [4.69, 9.17) is 4.74 Å². The molecule has 1 saturated carbocycles. The summed E-state index contributed by atoms with van der Waals surface area (Å²) in [5.74, 6) is 0.570. The van der Waals surface area contributed by atoms with Crippen LogP contribution in [0, 0.1) is 12.8 Å². The molecular formula is C12H18O2S. The molecule has 1 aromatic rings. The van der Waals surface area contributed by atoms with Crippen LogP contribution in [0.25, 0.3) is 0 Å². The van der Waals surface area contributed by atoms with Gasteiger partial charge in [-0.05, 0) is 49.6 Å². The minimum absolute atomic E-state index is 0.00370. The molecule has 15 heavy (non-hydrogen) atoms. The van der Waals surface area contributed by atoms with Crippen LogP contribution < -0.4 is 0 Å². The van der Waals surface area contributed by atoms with Gasteiger partial charge < -0.3 is 9.84 Å². The van der Waals surface area contributed by atoms with Gasteiger partial charge in [-0.3, -0.25) is 0 Å². The molecule has 0 aliphatic heterocycles. The van der Waals surface area contributed by atoms with Crippen LogP contribution in [0.2, 0.25) is 0 Å². The SMILES string of the molecule is CCOC(C1CC1)C(O)c1csc(C)c1. The Morgan fingerprint density at radius 1 is 1.60 bits per heavy atom. The van der Waals surface area contributed by atoms with Crippen molar-refractivity contribution in [2.24, 2.45) is 5.92 Å². The van der Waals surface area contributed by atoms with Crippen LogP contribution in [0.1, 0.15) is 36.3 Å². The van der Waals surface area contributed by atoms with E-state index in [1.54, 1.807) is 11.3 Å². The second kappa shape index (κ2) is 4.64. The van der Waals surface area contributed by atoms with Crippen molar-refractivity contribution in [2.75, 3.05) is 6.61 Å². The molecule has 2 unspecified atom stereocenters. The first-order chi connectivity index (χ1) is 7.22. The lowest BCUT2D eigenvalue weighted by Crippen LogP contribution is -2.24. The van der Waals surface area contributed by atoms with Gasteiger partial charge in [-0.2, -0.15) is 0 Å². The Labute approximate surface area is 94.9 Å². The Morgan fingerprint density at radius 2 is 2.33 bits per heavy atom. The number of hydrogen-bond acceptors (Lipinski definition) is 3. The number of thiophene rings is 1. The third-order valence-electron chi connectivity index (χ3n) is 2.85. The number of aryl methyl sites for hydroxylation is 1. The van der Waals surface area contributed by atoms with E-state index >= 15 is 0 Å². The van der Waals surface area contributed by atoms with Crippen LogP contribution in [-0.2, 0) is 4.74 Å². The van der Waals surface area contributed by atoms with Gasteiger partial charge >= 0.3 is 0 Å². The predicted molar refractivity (Wildman–Crippen MR) is 62.2 cm³/mol. The molecule has 0 aromatic carbocycles. The molecular weight excluding hydrogens is 208 g/mol. The van der Waals surface area contributed by atoms with Gasteiger partial charge in [-0.15, -0.1) is 11.3 Å². The Morgan fingerprint density at radius 3 is 2.80 bits per heavy atom. The van der Waals surface area contributed by atoms with Crippen molar-refractivity contribution < 1.29 is 9.84 Å². The summed E-state index contributed by atoms with van der Waals surface area (Å²) in [4.78, 5) is 1.25. The summed E-state index contributed by atoms with van der Waals surface area (Å²) in [7, 11) is 0. The van der Waals surface area contributed by atoms with Crippen molar-refractivity contribution in [1.29, 1.82) is 0 Å². The monoisotopic (exact) mass is 226 g/mol. The van der Waals surface area contributed by atoms with E-state index in [0.29, 0.717) is 12.5 Å². The standard InChI is InChI=1S/C12H18O2S/c1-3-14-12(9-4-5-9)11(13)10-6-8(2)15-7-10/h6-7,9,11-13H,3-5H2,1-2H3. The van der Waals surface area contributed by atoms with Gasteiger partial charge in [0.2, 0.25) is 0 Å². The maximum absolute atomic E-state index is 10.2. The molecule has 0 bridgehead atoms. The topological polar surface area (TPSA) is 29.5 Å². The zero-order valence-electron chi connectivity index (χ0n) is 9.27. The Balaban J connectivity index is 2.06. The molecule has 0 spiro atoms. The summed E-state index contributed by atoms with van der Waals surface area (Å²) >= 11 is 1.68. The second-order valence-electron chi connectivity index (χ2n) is 4.19. The molecule has 0 amide bonds. The van der Waals surface area contributed by atoms with Gasteiger partial charge in [0.1, 0.15) is 6.10 Å². The average molecular weight is 226 g/mol. The fraction of sp³-hybridized carbons (Fsp3) is 0.667. The van der Waals surface area contributed by atoms with Crippen LogP contribution >= 0.6 is 11.3 Å². The van der Waals surface area contributed by atoms with Crippen LogP contribution in [0.15, 0.2) is 11.4 Å². The molecule has 1 fully saturated rings.